The summed E-state index contributed by atoms with van der Waals surface area (Å²) in [7, 11) is 0. The number of hydrogen-bond donors (Lipinski definition) is 1. The Kier molecular flexibility index (Phi) is 4.45. The number of ether oxygens (including phenoxy) is 1. The van der Waals surface area contributed by atoms with Crippen molar-refractivity contribution in [2.45, 2.75) is 45.3 Å². The van der Waals surface area contributed by atoms with E-state index < -0.39 is 5.60 Å². The molecule has 4 heteroatoms. The molecular weight excluding hydrogens is 257 g/mol. The summed E-state index contributed by atoms with van der Waals surface area (Å²) in [6.45, 7) is 6.67. The van der Waals surface area contributed by atoms with Gasteiger partial charge in [0.15, 0.2) is 0 Å². The summed E-state index contributed by atoms with van der Waals surface area (Å²) in [6.07, 6.45) is 1.59. The summed E-state index contributed by atoms with van der Waals surface area (Å²) in [5.41, 5.74) is 6.58. The van der Waals surface area contributed by atoms with Crippen LogP contribution >= 0.6 is 0 Å². The Labute approximate surface area is 118 Å². The van der Waals surface area contributed by atoms with Gasteiger partial charge < -0.3 is 14.9 Å². The molecule has 1 atom stereocenters. The first kappa shape index (κ1) is 15.0. The Hall–Kier alpha value is -1.39. The van der Waals surface area contributed by atoms with Crippen molar-refractivity contribution >= 4 is 11.0 Å². The Morgan fingerprint density at radius 2 is 1.95 bits per heavy atom. The van der Waals surface area contributed by atoms with Crippen molar-refractivity contribution in [3.63, 3.8) is 0 Å². The van der Waals surface area contributed by atoms with Gasteiger partial charge in [0.1, 0.15) is 17.2 Å². The van der Waals surface area contributed by atoms with Gasteiger partial charge in [-0.3, -0.25) is 0 Å². The van der Waals surface area contributed by atoms with Crippen LogP contribution in [0.15, 0.2) is 28.7 Å². The first-order valence-electron chi connectivity index (χ1n) is 7.14. The fourth-order valence-electron chi connectivity index (χ4n) is 2.72. The molecule has 0 aliphatic heterocycles. The van der Waals surface area contributed by atoms with Crippen molar-refractivity contribution in [2.75, 3.05) is 6.61 Å². The van der Waals surface area contributed by atoms with E-state index in [-0.39, 0.29) is 11.9 Å². The van der Waals surface area contributed by atoms with Crippen LogP contribution in [0.3, 0.4) is 0 Å². The lowest BCUT2D eigenvalue weighted by molar-refractivity contribution is -0.0682. The second-order valence-electron chi connectivity index (χ2n) is 5.01. The molecule has 0 fully saturated rings. The Morgan fingerprint density at radius 3 is 2.55 bits per heavy atom. The van der Waals surface area contributed by atoms with Crippen LogP contribution < -0.4 is 5.73 Å². The molecule has 0 amide bonds. The van der Waals surface area contributed by atoms with Gasteiger partial charge in [0.25, 0.3) is 0 Å². The van der Waals surface area contributed by atoms with Gasteiger partial charge in [0.2, 0.25) is 0 Å². The Morgan fingerprint density at radius 1 is 1.25 bits per heavy atom. The van der Waals surface area contributed by atoms with Crippen molar-refractivity contribution < 1.29 is 13.5 Å². The zero-order chi connectivity index (χ0) is 14.8. The average Bonchev–Trinajstić information content (AvgIpc) is 2.87. The van der Waals surface area contributed by atoms with Crippen molar-refractivity contribution in [3.05, 3.63) is 35.8 Å². The summed E-state index contributed by atoms with van der Waals surface area (Å²) in [6, 6.07) is 5.91. The maximum absolute atomic E-state index is 13.2. The van der Waals surface area contributed by atoms with Gasteiger partial charge in [-0.2, -0.15) is 0 Å². The van der Waals surface area contributed by atoms with Gasteiger partial charge in [-0.05, 0) is 44.0 Å². The highest BCUT2D eigenvalue weighted by atomic mass is 19.1. The van der Waals surface area contributed by atoms with Crippen LogP contribution in [-0.4, -0.2) is 12.2 Å². The molecule has 0 saturated carbocycles. The van der Waals surface area contributed by atoms with Crippen LogP contribution in [0.1, 0.15) is 45.4 Å². The maximum Gasteiger partial charge on any atom is 0.134 e. The molecule has 2 aromatic rings. The predicted octanol–water partition coefficient (Wildman–Crippen LogP) is 4.17. The minimum absolute atomic E-state index is 0.277. The highest BCUT2D eigenvalue weighted by Crippen LogP contribution is 2.36. The normalized spacial score (nSPS) is 13.8. The largest absolute Gasteiger partial charge is 0.459 e. The minimum atomic E-state index is -0.443. The number of benzene rings is 1. The summed E-state index contributed by atoms with van der Waals surface area (Å²) >= 11 is 0. The molecule has 0 bridgehead atoms. The molecule has 1 aromatic carbocycles. The van der Waals surface area contributed by atoms with Crippen LogP contribution in [0, 0.1) is 5.82 Å². The summed E-state index contributed by atoms with van der Waals surface area (Å²) in [5, 5.41) is 0.730. The first-order chi connectivity index (χ1) is 9.56. The monoisotopic (exact) mass is 279 g/mol. The Bertz CT molecular complexity index is 575. The molecule has 0 aliphatic rings. The fourth-order valence-corrected chi connectivity index (χ4v) is 2.72. The predicted molar refractivity (Wildman–Crippen MR) is 78.0 cm³/mol. The third kappa shape index (κ3) is 2.58. The van der Waals surface area contributed by atoms with Crippen LogP contribution in [0.5, 0.6) is 0 Å². The second kappa shape index (κ2) is 5.94. The van der Waals surface area contributed by atoms with Crippen LogP contribution in [0.25, 0.3) is 11.0 Å². The molecule has 20 heavy (non-hydrogen) atoms. The number of halogens is 1. The van der Waals surface area contributed by atoms with Crippen molar-refractivity contribution in [1.82, 2.24) is 0 Å². The Balaban J connectivity index is 2.40. The SMILES string of the molecule is CCOC(CC)(CC)C(N)c1cc2cc(F)ccc2o1. The number of nitrogens with two attached hydrogens (primary N) is 1. The van der Waals surface area contributed by atoms with E-state index in [1.807, 2.05) is 13.0 Å². The molecular formula is C16H22FNO2. The third-order valence-corrected chi connectivity index (χ3v) is 4.00. The van der Waals surface area contributed by atoms with Gasteiger partial charge in [-0.25, -0.2) is 4.39 Å². The number of hydrogen-bond acceptors (Lipinski definition) is 3. The number of fused-ring (bicyclic) bond motifs is 1. The molecule has 2 N–H and O–H groups in total. The molecule has 2 rings (SSSR count). The number of rotatable bonds is 6. The van der Waals surface area contributed by atoms with Gasteiger partial charge in [-0.15, -0.1) is 0 Å². The lowest BCUT2D eigenvalue weighted by atomic mass is 9.87. The van der Waals surface area contributed by atoms with Crippen LogP contribution in [0.4, 0.5) is 4.39 Å². The minimum Gasteiger partial charge on any atom is -0.459 e. The summed E-state index contributed by atoms with van der Waals surface area (Å²) in [4.78, 5) is 0. The molecule has 1 heterocycles. The topological polar surface area (TPSA) is 48.4 Å². The first-order valence-corrected chi connectivity index (χ1v) is 7.14. The zero-order valence-corrected chi connectivity index (χ0v) is 12.3. The van der Waals surface area contributed by atoms with Crippen LogP contribution in [-0.2, 0) is 4.74 Å². The molecule has 110 valence electrons. The second-order valence-corrected chi connectivity index (χ2v) is 5.01. The van der Waals surface area contributed by atoms with Crippen molar-refractivity contribution in [2.24, 2.45) is 5.73 Å². The van der Waals surface area contributed by atoms with E-state index in [0.29, 0.717) is 18.0 Å². The van der Waals surface area contributed by atoms with Crippen molar-refractivity contribution in [3.8, 4) is 0 Å². The number of furan rings is 1. The van der Waals surface area contributed by atoms with E-state index in [0.717, 1.165) is 18.2 Å². The van der Waals surface area contributed by atoms with Gasteiger partial charge >= 0.3 is 0 Å². The fraction of sp³-hybridized carbons (Fsp3) is 0.500. The average molecular weight is 279 g/mol. The molecule has 1 unspecified atom stereocenters. The smallest absolute Gasteiger partial charge is 0.134 e. The molecule has 3 nitrogen and oxygen atoms in total. The maximum atomic E-state index is 13.2. The van der Waals surface area contributed by atoms with E-state index in [2.05, 4.69) is 13.8 Å². The highest BCUT2D eigenvalue weighted by Gasteiger charge is 2.37. The lowest BCUT2D eigenvalue weighted by Gasteiger charge is -2.36. The highest BCUT2D eigenvalue weighted by molar-refractivity contribution is 5.78. The molecule has 0 saturated heterocycles. The quantitative estimate of drug-likeness (QED) is 0.863. The standard InChI is InChI=1S/C16H22FNO2/c1-4-16(5-2,19-6-3)15(18)14-10-11-9-12(17)7-8-13(11)20-14/h7-10,15H,4-6,18H2,1-3H3. The van der Waals surface area contributed by atoms with Crippen LogP contribution in [0.2, 0.25) is 0 Å². The van der Waals surface area contributed by atoms with E-state index in [1.165, 1.54) is 12.1 Å². The van der Waals surface area contributed by atoms with E-state index in [1.54, 1.807) is 6.07 Å². The molecule has 0 radical (unpaired) electrons. The van der Waals surface area contributed by atoms with Gasteiger partial charge in [0, 0.05) is 12.0 Å². The third-order valence-electron chi connectivity index (χ3n) is 4.00. The molecule has 0 aliphatic carbocycles. The lowest BCUT2D eigenvalue weighted by Crippen LogP contribution is -2.42. The van der Waals surface area contributed by atoms with E-state index in [4.69, 9.17) is 14.9 Å². The summed E-state index contributed by atoms with van der Waals surface area (Å²) < 4.78 is 24.9. The van der Waals surface area contributed by atoms with E-state index in [9.17, 15) is 4.39 Å². The molecule has 1 aromatic heterocycles. The zero-order valence-electron chi connectivity index (χ0n) is 12.3. The van der Waals surface area contributed by atoms with Gasteiger partial charge in [-0.1, -0.05) is 13.8 Å². The van der Waals surface area contributed by atoms with Crippen molar-refractivity contribution in [1.29, 1.82) is 0 Å². The van der Waals surface area contributed by atoms with Gasteiger partial charge in [0.05, 0.1) is 11.6 Å². The molecule has 0 spiro atoms. The van der Waals surface area contributed by atoms with E-state index >= 15 is 0 Å². The summed E-state index contributed by atoms with van der Waals surface area (Å²) in [5.74, 6) is 0.364.